The molecule has 0 spiro atoms. The molecule has 0 saturated heterocycles. The minimum Gasteiger partial charge on any atom is -0.469 e. The Balaban J connectivity index is 2.78. The van der Waals surface area contributed by atoms with Crippen LogP contribution >= 0.6 is 0 Å². The van der Waals surface area contributed by atoms with E-state index in [1.807, 2.05) is 36.1 Å². The van der Waals surface area contributed by atoms with E-state index in [0.29, 0.717) is 13.0 Å². The zero-order valence-corrected chi connectivity index (χ0v) is 12.8. The molecule has 0 unspecified atom stereocenters. The van der Waals surface area contributed by atoms with Crippen molar-refractivity contribution in [1.82, 2.24) is 9.97 Å². The standard InChI is InChI=1S/C16H22N3O2/c1-4-10-19(12-7-16(20)21-3)11-6-14(5-2)15-13-17-8-9-18-15/h5-6,8-11,13H,4,7,12H2,1-3H3/q+1/b11-6-,14-5+,19-10-. The van der Waals surface area contributed by atoms with E-state index < -0.39 is 0 Å². The van der Waals surface area contributed by atoms with Crippen LogP contribution in [0.3, 0.4) is 0 Å². The lowest BCUT2D eigenvalue weighted by molar-refractivity contribution is -0.452. The number of methoxy groups -OCH3 is 1. The van der Waals surface area contributed by atoms with Gasteiger partial charge in [-0.15, -0.1) is 0 Å². The molecule has 1 heterocycles. The molecule has 0 aliphatic carbocycles. The molecule has 0 bridgehead atoms. The van der Waals surface area contributed by atoms with Gasteiger partial charge in [-0.2, -0.15) is 0 Å². The Morgan fingerprint density at radius 3 is 2.81 bits per heavy atom. The van der Waals surface area contributed by atoms with E-state index in [9.17, 15) is 4.79 Å². The number of allylic oxidation sites excluding steroid dienone is 3. The molecule has 0 N–H and O–H groups in total. The first-order chi connectivity index (χ1) is 10.2. The lowest BCUT2D eigenvalue weighted by atomic mass is 10.2. The smallest absolute Gasteiger partial charge is 0.311 e. The third kappa shape index (κ3) is 6.12. The molecule has 1 rings (SSSR count). The van der Waals surface area contributed by atoms with E-state index in [2.05, 4.69) is 21.6 Å². The largest absolute Gasteiger partial charge is 0.469 e. The fourth-order valence-corrected chi connectivity index (χ4v) is 1.74. The second-order valence-corrected chi connectivity index (χ2v) is 4.31. The molecule has 1 aromatic heterocycles. The Hall–Kier alpha value is -2.30. The van der Waals surface area contributed by atoms with Crippen molar-refractivity contribution in [1.29, 1.82) is 0 Å². The zero-order valence-electron chi connectivity index (χ0n) is 12.8. The van der Waals surface area contributed by atoms with Crippen molar-refractivity contribution in [2.45, 2.75) is 26.7 Å². The summed E-state index contributed by atoms with van der Waals surface area (Å²) in [6.07, 6.45) is 14.2. The Kier molecular flexibility index (Phi) is 7.64. The van der Waals surface area contributed by atoms with Gasteiger partial charge in [0.05, 0.1) is 19.0 Å². The van der Waals surface area contributed by atoms with Crippen LogP contribution in [0, 0.1) is 0 Å². The Morgan fingerprint density at radius 1 is 1.43 bits per heavy atom. The summed E-state index contributed by atoms with van der Waals surface area (Å²) in [7, 11) is 1.40. The van der Waals surface area contributed by atoms with Crippen LogP contribution in [0.5, 0.6) is 0 Å². The van der Waals surface area contributed by atoms with E-state index >= 15 is 0 Å². The zero-order chi connectivity index (χ0) is 15.5. The first-order valence-corrected chi connectivity index (χ1v) is 6.98. The quantitative estimate of drug-likeness (QED) is 0.335. The normalized spacial score (nSPS) is 12.7. The number of ether oxygens (including phenoxy) is 1. The van der Waals surface area contributed by atoms with Crippen molar-refractivity contribution >= 4 is 17.8 Å². The first-order valence-electron chi connectivity index (χ1n) is 6.98. The van der Waals surface area contributed by atoms with Crippen LogP contribution in [-0.4, -0.2) is 40.4 Å². The number of nitrogens with zero attached hydrogens (tertiary/aromatic N) is 3. The maximum atomic E-state index is 11.2. The molecule has 0 radical (unpaired) electrons. The molecule has 0 aliphatic heterocycles. The number of aromatic nitrogens is 2. The Labute approximate surface area is 125 Å². The SMILES string of the molecule is C\C=C(/C=C\[N+](=C\CC)CCC(=O)OC)c1cnccn1. The van der Waals surface area contributed by atoms with Crippen LogP contribution in [0.2, 0.25) is 0 Å². The van der Waals surface area contributed by atoms with Gasteiger partial charge < -0.3 is 4.74 Å². The number of hydrogen-bond acceptors (Lipinski definition) is 4. The summed E-state index contributed by atoms with van der Waals surface area (Å²) in [6, 6.07) is 0. The molecule has 21 heavy (non-hydrogen) atoms. The number of rotatable bonds is 7. The van der Waals surface area contributed by atoms with Gasteiger partial charge in [-0.1, -0.05) is 13.0 Å². The van der Waals surface area contributed by atoms with Gasteiger partial charge in [-0.25, -0.2) is 4.58 Å². The monoisotopic (exact) mass is 288 g/mol. The van der Waals surface area contributed by atoms with Crippen molar-refractivity contribution in [2.75, 3.05) is 13.7 Å². The predicted molar refractivity (Wildman–Crippen MR) is 82.9 cm³/mol. The average molecular weight is 288 g/mol. The highest BCUT2D eigenvalue weighted by atomic mass is 16.5. The summed E-state index contributed by atoms with van der Waals surface area (Å²) < 4.78 is 6.64. The fraction of sp³-hybridized carbons (Fsp3) is 0.375. The third-order valence-corrected chi connectivity index (χ3v) is 2.83. The molecule has 5 heteroatoms. The van der Waals surface area contributed by atoms with Gasteiger partial charge in [0, 0.05) is 30.5 Å². The van der Waals surface area contributed by atoms with Crippen LogP contribution in [-0.2, 0) is 9.53 Å². The molecule has 0 amide bonds. The van der Waals surface area contributed by atoms with E-state index in [4.69, 9.17) is 0 Å². The predicted octanol–water partition coefficient (Wildman–Crippen LogP) is 2.45. The van der Waals surface area contributed by atoms with Crippen molar-refractivity contribution in [3.05, 3.63) is 42.6 Å². The minimum atomic E-state index is -0.210. The number of carbonyl (C=O) groups excluding carboxylic acids is 1. The molecule has 1 aromatic rings. The molecule has 0 aliphatic rings. The lowest BCUT2D eigenvalue weighted by Crippen LogP contribution is -2.13. The molecule has 5 nitrogen and oxygen atoms in total. The second kappa shape index (κ2) is 9.58. The van der Waals surface area contributed by atoms with Gasteiger partial charge in [-0.3, -0.25) is 14.8 Å². The minimum absolute atomic E-state index is 0.210. The third-order valence-electron chi connectivity index (χ3n) is 2.83. The average Bonchev–Trinajstić information content (AvgIpc) is 2.53. The number of hydrogen-bond donors (Lipinski definition) is 0. The van der Waals surface area contributed by atoms with Crippen LogP contribution in [0.15, 0.2) is 36.9 Å². The summed E-state index contributed by atoms with van der Waals surface area (Å²) >= 11 is 0. The Morgan fingerprint density at radius 2 is 2.24 bits per heavy atom. The van der Waals surface area contributed by atoms with Gasteiger partial charge in [-0.05, 0) is 6.92 Å². The highest BCUT2D eigenvalue weighted by Gasteiger charge is 2.07. The van der Waals surface area contributed by atoms with Gasteiger partial charge >= 0.3 is 5.97 Å². The summed E-state index contributed by atoms with van der Waals surface area (Å²) in [5.74, 6) is -0.210. The topological polar surface area (TPSA) is 55.1 Å². The molecule has 0 aromatic carbocycles. The summed E-state index contributed by atoms with van der Waals surface area (Å²) in [5.41, 5.74) is 1.80. The number of carbonyl (C=O) groups is 1. The summed E-state index contributed by atoms with van der Waals surface area (Å²) in [4.78, 5) is 19.6. The molecule has 0 atom stereocenters. The van der Waals surface area contributed by atoms with Gasteiger partial charge in [0.1, 0.15) is 12.6 Å². The first kappa shape index (κ1) is 16.8. The Bertz CT molecular complexity index is 534. The number of esters is 1. The fourth-order valence-electron chi connectivity index (χ4n) is 1.74. The van der Waals surface area contributed by atoms with Crippen LogP contribution in [0.1, 0.15) is 32.4 Å². The van der Waals surface area contributed by atoms with Crippen LogP contribution in [0.4, 0.5) is 0 Å². The molecule has 112 valence electrons. The van der Waals surface area contributed by atoms with Crippen molar-refractivity contribution < 1.29 is 14.1 Å². The van der Waals surface area contributed by atoms with E-state index in [1.54, 1.807) is 18.6 Å². The highest BCUT2D eigenvalue weighted by Crippen LogP contribution is 2.11. The molecule has 0 fully saturated rings. The van der Waals surface area contributed by atoms with Crippen molar-refractivity contribution in [3.63, 3.8) is 0 Å². The molecular formula is C16H22N3O2+. The molecular weight excluding hydrogens is 266 g/mol. The second-order valence-electron chi connectivity index (χ2n) is 4.31. The van der Waals surface area contributed by atoms with Gasteiger partial charge in [0.25, 0.3) is 0 Å². The van der Waals surface area contributed by atoms with Crippen molar-refractivity contribution in [3.8, 4) is 0 Å². The van der Waals surface area contributed by atoms with Crippen LogP contribution in [0.25, 0.3) is 5.57 Å². The van der Waals surface area contributed by atoms with Crippen molar-refractivity contribution in [2.24, 2.45) is 0 Å². The maximum Gasteiger partial charge on any atom is 0.311 e. The summed E-state index contributed by atoms with van der Waals surface area (Å²) in [6.45, 7) is 4.60. The van der Waals surface area contributed by atoms with Gasteiger partial charge in [0.15, 0.2) is 12.7 Å². The van der Waals surface area contributed by atoms with E-state index in [0.717, 1.165) is 17.7 Å². The highest BCUT2D eigenvalue weighted by molar-refractivity contribution is 5.70. The van der Waals surface area contributed by atoms with Crippen LogP contribution < -0.4 is 0 Å². The maximum absolute atomic E-state index is 11.2. The van der Waals surface area contributed by atoms with E-state index in [-0.39, 0.29) is 5.97 Å². The lowest BCUT2D eigenvalue weighted by Gasteiger charge is -2.00. The van der Waals surface area contributed by atoms with Gasteiger partial charge in [0.2, 0.25) is 0 Å². The summed E-state index contributed by atoms with van der Waals surface area (Å²) in [5, 5.41) is 0. The molecule has 0 saturated carbocycles. The van der Waals surface area contributed by atoms with E-state index in [1.165, 1.54) is 7.11 Å².